The van der Waals surface area contributed by atoms with Gasteiger partial charge in [0.15, 0.2) is 0 Å². The van der Waals surface area contributed by atoms with Gasteiger partial charge in [-0.3, -0.25) is 0 Å². The summed E-state index contributed by atoms with van der Waals surface area (Å²) in [4.78, 5) is 1.08. The summed E-state index contributed by atoms with van der Waals surface area (Å²) >= 11 is 1.35. The van der Waals surface area contributed by atoms with Gasteiger partial charge in [0.25, 0.3) is 10.0 Å². The summed E-state index contributed by atoms with van der Waals surface area (Å²) < 4.78 is 38.6. The number of ether oxygens (including phenoxy) is 2. The molecule has 0 saturated carbocycles. The molecule has 1 aliphatic heterocycles. The van der Waals surface area contributed by atoms with E-state index < -0.39 is 10.0 Å². The minimum atomic E-state index is -3.46. The number of aryl methyl sites for hydroxylation is 1. The van der Waals surface area contributed by atoms with Gasteiger partial charge in [0.2, 0.25) is 0 Å². The maximum atomic E-state index is 12.9. The standard InChI is InChI=1S/C17H21NO4S2/c1-3-15-8-9-17(23-15)24(19,20)18-10-11-22-16(12-18)13-4-6-14(21-2)7-5-13/h4-9,16H,3,10-12H2,1-2H3. The summed E-state index contributed by atoms with van der Waals surface area (Å²) in [5, 5.41) is 0. The molecule has 5 nitrogen and oxygen atoms in total. The van der Waals surface area contributed by atoms with Crippen LogP contribution in [-0.4, -0.2) is 39.5 Å². The van der Waals surface area contributed by atoms with Gasteiger partial charge in [0.1, 0.15) is 9.96 Å². The zero-order chi connectivity index (χ0) is 17.2. The van der Waals surface area contributed by atoms with E-state index in [0.29, 0.717) is 23.9 Å². The molecule has 0 radical (unpaired) electrons. The fraction of sp³-hybridized carbons (Fsp3) is 0.412. The topological polar surface area (TPSA) is 55.8 Å². The van der Waals surface area contributed by atoms with E-state index >= 15 is 0 Å². The van der Waals surface area contributed by atoms with Crippen molar-refractivity contribution in [2.75, 3.05) is 26.8 Å². The summed E-state index contributed by atoms with van der Waals surface area (Å²) in [5.41, 5.74) is 0.955. The van der Waals surface area contributed by atoms with Crippen LogP contribution in [0.15, 0.2) is 40.6 Å². The van der Waals surface area contributed by atoms with Crippen molar-refractivity contribution in [3.8, 4) is 5.75 Å². The van der Waals surface area contributed by atoms with Gasteiger partial charge in [0.05, 0.1) is 19.8 Å². The van der Waals surface area contributed by atoms with E-state index in [1.54, 1.807) is 13.2 Å². The molecule has 1 aromatic heterocycles. The quantitative estimate of drug-likeness (QED) is 0.815. The molecule has 0 amide bonds. The number of benzene rings is 1. The summed E-state index contributed by atoms with van der Waals surface area (Å²) in [6, 6.07) is 11.1. The fourth-order valence-corrected chi connectivity index (χ4v) is 5.55. The van der Waals surface area contributed by atoms with Crippen LogP contribution in [0.25, 0.3) is 0 Å². The van der Waals surface area contributed by atoms with Gasteiger partial charge in [0, 0.05) is 18.0 Å². The Labute approximate surface area is 146 Å². The van der Waals surface area contributed by atoms with Crippen LogP contribution in [0.1, 0.15) is 23.5 Å². The molecule has 1 fully saturated rings. The van der Waals surface area contributed by atoms with Gasteiger partial charge < -0.3 is 9.47 Å². The van der Waals surface area contributed by atoms with Crippen LogP contribution in [-0.2, 0) is 21.2 Å². The van der Waals surface area contributed by atoms with Gasteiger partial charge >= 0.3 is 0 Å². The molecule has 2 aromatic rings. The second-order valence-electron chi connectivity index (χ2n) is 5.57. The molecular formula is C17H21NO4S2. The van der Waals surface area contributed by atoms with Crippen molar-refractivity contribution in [1.29, 1.82) is 0 Å². The Bertz CT molecular complexity index is 783. The van der Waals surface area contributed by atoms with Crippen molar-refractivity contribution in [3.63, 3.8) is 0 Å². The first kappa shape index (κ1) is 17.4. The number of rotatable bonds is 5. The Morgan fingerprint density at radius 3 is 2.62 bits per heavy atom. The SMILES string of the molecule is CCc1ccc(S(=O)(=O)N2CCOC(c3ccc(OC)cc3)C2)s1. The molecule has 1 saturated heterocycles. The molecule has 7 heteroatoms. The molecule has 1 aliphatic rings. The van der Waals surface area contributed by atoms with Crippen LogP contribution in [0.3, 0.4) is 0 Å². The van der Waals surface area contributed by atoms with Crippen molar-refractivity contribution in [1.82, 2.24) is 4.31 Å². The molecule has 1 aromatic carbocycles. The van der Waals surface area contributed by atoms with Crippen molar-refractivity contribution < 1.29 is 17.9 Å². The zero-order valence-corrected chi connectivity index (χ0v) is 15.4. The van der Waals surface area contributed by atoms with Crippen LogP contribution in [0.4, 0.5) is 0 Å². The highest BCUT2D eigenvalue weighted by Crippen LogP contribution is 2.30. The van der Waals surface area contributed by atoms with Crippen molar-refractivity contribution >= 4 is 21.4 Å². The predicted octanol–water partition coefficient (Wildman–Crippen LogP) is 3.08. The van der Waals surface area contributed by atoms with E-state index in [1.807, 2.05) is 37.3 Å². The van der Waals surface area contributed by atoms with Crippen LogP contribution in [0.5, 0.6) is 5.75 Å². The van der Waals surface area contributed by atoms with E-state index in [1.165, 1.54) is 15.6 Å². The lowest BCUT2D eigenvalue weighted by molar-refractivity contribution is -0.00251. The summed E-state index contributed by atoms with van der Waals surface area (Å²) in [7, 11) is -1.84. The van der Waals surface area contributed by atoms with E-state index in [0.717, 1.165) is 22.6 Å². The largest absolute Gasteiger partial charge is 0.497 e. The number of nitrogens with zero attached hydrogens (tertiary/aromatic N) is 1. The summed E-state index contributed by atoms with van der Waals surface area (Å²) in [6.07, 6.45) is 0.586. The number of hydrogen-bond donors (Lipinski definition) is 0. The molecule has 2 heterocycles. The molecule has 0 N–H and O–H groups in total. The van der Waals surface area contributed by atoms with Gasteiger partial charge in [-0.15, -0.1) is 11.3 Å². The van der Waals surface area contributed by atoms with Crippen LogP contribution < -0.4 is 4.74 Å². The minimum Gasteiger partial charge on any atom is -0.497 e. The Balaban J connectivity index is 1.79. The maximum Gasteiger partial charge on any atom is 0.252 e. The van der Waals surface area contributed by atoms with Gasteiger partial charge in [-0.2, -0.15) is 4.31 Å². The lowest BCUT2D eigenvalue weighted by Crippen LogP contribution is -2.41. The van der Waals surface area contributed by atoms with Crippen LogP contribution in [0, 0.1) is 0 Å². The second kappa shape index (κ2) is 7.23. The third kappa shape index (κ3) is 3.49. The lowest BCUT2D eigenvalue weighted by atomic mass is 10.1. The molecule has 0 aliphatic carbocycles. The van der Waals surface area contributed by atoms with Crippen LogP contribution in [0.2, 0.25) is 0 Å². The monoisotopic (exact) mass is 367 g/mol. The molecule has 1 unspecified atom stereocenters. The molecule has 0 spiro atoms. The van der Waals surface area contributed by atoms with Gasteiger partial charge in [-0.25, -0.2) is 8.42 Å². The van der Waals surface area contributed by atoms with E-state index in [-0.39, 0.29) is 6.10 Å². The smallest absolute Gasteiger partial charge is 0.252 e. The van der Waals surface area contributed by atoms with Gasteiger partial charge in [-0.1, -0.05) is 19.1 Å². The number of thiophene rings is 1. The minimum absolute atomic E-state index is 0.259. The van der Waals surface area contributed by atoms with Crippen LogP contribution >= 0.6 is 11.3 Å². The van der Waals surface area contributed by atoms with Gasteiger partial charge in [-0.05, 0) is 36.2 Å². The molecule has 130 valence electrons. The highest BCUT2D eigenvalue weighted by molar-refractivity contribution is 7.91. The third-order valence-corrected chi connectivity index (χ3v) is 7.66. The summed E-state index contributed by atoms with van der Waals surface area (Å²) in [6.45, 7) is 3.13. The lowest BCUT2D eigenvalue weighted by Gasteiger charge is -2.32. The molecule has 3 rings (SSSR count). The zero-order valence-electron chi connectivity index (χ0n) is 13.8. The fourth-order valence-electron chi connectivity index (χ4n) is 2.68. The van der Waals surface area contributed by atoms with Crippen molar-refractivity contribution in [2.45, 2.75) is 23.7 Å². The van der Waals surface area contributed by atoms with E-state index in [9.17, 15) is 8.42 Å². The molecule has 1 atom stereocenters. The molecule has 0 bridgehead atoms. The first-order valence-corrected chi connectivity index (χ1v) is 10.1. The first-order valence-electron chi connectivity index (χ1n) is 7.89. The van der Waals surface area contributed by atoms with Crippen molar-refractivity contribution in [3.05, 3.63) is 46.8 Å². The second-order valence-corrected chi connectivity index (χ2v) is 8.90. The predicted molar refractivity (Wildman–Crippen MR) is 94.1 cm³/mol. The Morgan fingerprint density at radius 1 is 1.25 bits per heavy atom. The molecule has 24 heavy (non-hydrogen) atoms. The third-order valence-electron chi connectivity index (χ3n) is 4.10. The normalized spacial score (nSPS) is 19.3. The van der Waals surface area contributed by atoms with E-state index in [4.69, 9.17) is 9.47 Å². The van der Waals surface area contributed by atoms with E-state index in [2.05, 4.69) is 0 Å². The first-order chi connectivity index (χ1) is 11.5. The number of morpholine rings is 1. The maximum absolute atomic E-state index is 12.9. The highest BCUT2D eigenvalue weighted by Gasteiger charge is 2.32. The number of sulfonamides is 1. The Kier molecular flexibility index (Phi) is 5.24. The average molecular weight is 367 g/mol. The van der Waals surface area contributed by atoms with Crippen molar-refractivity contribution in [2.24, 2.45) is 0 Å². The number of methoxy groups -OCH3 is 1. The summed E-state index contributed by atoms with van der Waals surface area (Å²) in [5.74, 6) is 0.768. The Hall–Kier alpha value is -1.41. The average Bonchev–Trinajstić information content (AvgIpc) is 3.12. The Morgan fingerprint density at radius 2 is 2.00 bits per heavy atom. The number of hydrogen-bond acceptors (Lipinski definition) is 5. The highest BCUT2D eigenvalue weighted by atomic mass is 32.2. The molecular weight excluding hydrogens is 346 g/mol.